The Morgan fingerprint density at radius 1 is 1.18 bits per heavy atom. The number of sulfone groups is 1. The third kappa shape index (κ3) is 7.48. The Morgan fingerprint density at radius 2 is 1.77 bits per heavy atom. The van der Waals surface area contributed by atoms with E-state index in [1.807, 2.05) is 6.92 Å². The molecule has 1 fully saturated rings. The van der Waals surface area contributed by atoms with Crippen molar-refractivity contribution in [3.8, 4) is 0 Å². The van der Waals surface area contributed by atoms with E-state index in [0.717, 1.165) is 12.5 Å². The molecule has 0 aromatic carbocycles. The number of halogens is 1. The minimum Gasteiger partial charge on any atom is -0.357 e. The highest BCUT2D eigenvalue weighted by molar-refractivity contribution is 14.0. The van der Waals surface area contributed by atoms with Gasteiger partial charge in [-0.05, 0) is 40.5 Å². The largest absolute Gasteiger partial charge is 0.357 e. The van der Waals surface area contributed by atoms with E-state index in [2.05, 4.69) is 15.6 Å². The summed E-state index contributed by atoms with van der Waals surface area (Å²) in [6, 6.07) is 0.468. The monoisotopic (exact) mass is 445 g/mol. The molecule has 132 valence electrons. The van der Waals surface area contributed by atoms with E-state index >= 15 is 0 Å². The van der Waals surface area contributed by atoms with Crippen molar-refractivity contribution in [2.75, 3.05) is 18.8 Å². The summed E-state index contributed by atoms with van der Waals surface area (Å²) < 4.78 is 23.4. The van der Waals surface area contributed by atoms with Crippen LogP contribution in [0.3, 0.4) is 0 Å². The predicted molar refractivity (Wildman–Crippen MR) is 105 cm³/mol. The Morgan fingerprint density at radius 3 is 2.27 bits per heavy atom. The molecule has 0 amide bonds. The fraction of sp³-hybridized carbons (Fsp3) is 0.933. The van der Waals surface area contributed by atoms with Gasteiger partial charge in [-0.2, -0.15) is 0 Å². The molecule has 0 heterocycles. The van der Waals surface area contributed by atoms with Gasteiger partial charge in [-0.3, -0.25) is 4.99 Å². The van der Waals surface area contributed by atoms with Crippen molar-refractivity contribution in [1.82, 2.24) is 10.6 Å². The summed E-state index contributed by atoms with van der Waals surface area (Å²) in [5.41, 5.74) is 0. The lowest BCUT2D eigenvalue weighted by molar-refractivity contribution is 0.410. The number of guanidine groups is 1. The molecule has 1 aliphatic rings. The molecule has 0 aromatic heterocycles. The van der Waals surface area contributed by atoms with Gasteiger partial charge >= 0.3 is 0 Å². The van der Waals surface area contributed by atoms with E-state index in [1.54, 1.807) is 20.8 Å². The molecule has 0 spiro atoms. The number of hydrogen-bond donors (Lipinski definition) is 2. The van der Waals surface area contributed by atoms with E-state index < -0.39 is 14.6 Å². The maximum absolute atomic E-state index is 12.1. The third-order valence-corrected chi connectivity index (χ3v) is 6.44. The van der Waals surface area contributed by atoms with Gasteiger partial charge in [0.15, 0.2) is 15.8 Å². The SMILES string of the molecule is CCNC(=NCCS(=O)(=O)C(C)(C)C)NC1CCCCC1.I. The van der Waals surface area contributed by atoms with Gasteiger partial charge in [0.05, 0.1) is 17.0 Å². The van der Waals surface area contributed by atoms with Crippen molar-refractivity contribution in [1.29, 1.82) is 0 Å². The number of aliphatic imine (C=N–C) groups is 1. The van der Waals surface area contributed by atoms with Crippen molar-refractivity contribution in [2.45, 2.75) is 70.6 Å². The minimum atomic E-state index is -3.10. The Labute approximate surface area is 153 Å². The Kier molecular flexibility index (Phi) is 9.93. The van der Waals surface area contributed by atoms with Crippen molar-refractivity contribution >= 4 is 39.8 Å². The molecule has 0 radical (unpaired) electrons. The normalized spacial score (nSPS) is 17.7. The van der Waals surface area contributed by atoms with Crippen LogP contribution >= 0.6 is 24.0 Å². The summed E-state index contributed by atoms with van der Waals surface area (Å²) in [6.45, 7) is 8.31. The molecule has 22 heavy (non-hydrogen) atoms. The number of nitrogens with one attached hydrogen (secondary N) is 2. The smallest absolute Gasteiger partial charge is 0.191 e. The van der Waals surface area contributed by atoms with Gasteiger partial charge in [-0.1, -0.05) is 19.3 Å². The maximum Gasteiger partial charge on any atom is 0.191 e. The van der Waals surface area contributed by atoms with Gasteiger partial charge in [0.2, 0.25) is 0 Å². The molecule has 0 aliphatic heterocycles. The molecular weight excluding hydrogens is 413 g/mol. The fourth-order valence-corrected chi connectivity index (χ4v) is 3.29. The summed E-state index contributed by atoms with van der Waals surface area (Å²) >= 11 is 0. The fourth-order valence-electron chi connectivity index (χ4n) is 2.34. The average molecular weight is 445 g/mol. The van der Waals surface area contributed by atoms with Gasteiger partial charge in [0.1, 0.15) is 0 Å². The minimum absolute atomic E-state index is 0. The number of nitrogens with zero attached hydrogens (tertiary/aromatic N) is 1. The quantitative estimate of drug-likeness (QED) is 0.388. The summed E-state index contributed by atoms with van der Waals surface area (Å²) in [5.74, 6) is 0.839. The zero-order valence-electron chi connectivity index (χ0n) is 14.3. The standard InChI is InChI=1S/C15H31N3O2S.HI/c1-5-16-14(18-13-9-7-6-8-10-13)17-11-12-21(19,20)15(2,3)4;/h13H,5-12H2,1-4H3,(H2,16,17,18);1H. The van der Waals surface area contributed by atoms with E-state index in [-0.39, 0.29) is 29.7 Å². The zero-order chi connectivity index (χ0) is 15.9. The molecular formula is C15H32IN3O2S. The van der Waals surface area contributed by atoms with Crippen LogP contribution in [0.2, 0.25) is 0 Å². The molecule has 1 saturated carbocycles. The predicted octanol–water partition coefficient (Wildman–Crippen LogP) is 2.71. The van der Waals surface area contributed by atoms with E-state index in [0.29, 0.717) is 12.6 Å². The highest BCUT2D eigenvalue weighted by Gasteiger charge is 2.28. The molecule has 0 atom stereocenters. The lowest BCUT2D eigenvalue weighted by Gasteiger charge is -2.25. The second-order valence-electron chi connectivity index (χ2n) is 6.67. The van der Waals surface area contributed by atoms with Gasteiger partial charge in [-0.25, -0.2) is 8.42 Å². The highest BCUT2D eigenvalue weighted by Crippen LogP contribution is 2.17. The van der Waals surface area contributed by atoms with Gasteiger partial charge in [0, 0.05) is 12.6 Å². The molecule has 1 aliphatic carbocycles. The van der Waals surface area contributed by atoms with Crippen LogP contribution in [-0.2, 0) is 9.84 Å². The second kappa shape index (κ2) is 9.95. The molecule has 1 rings (SSSR count). The van der Waals surface area contributed by atoms with E-state index in [1.165, 1.54) is 32.1 Å². The zero-order valence-corrected chi connectivity index (χ0v) is 17.5. The second-order valence-corrected chi connectivity index (χ2v) is 9.53. The first-order chi connectivity index (χ1) is 9.76. The van der Waals surface area contributed by atoms with Crippen LogP contribution in [-0.4, -0.2) is 44.0 Å². The summed E-state index contributed by atoms with van der Waals surface area (Å²) in [7, 11) is -3.10. The number of rotatable bonds is 5. The molecule has 5 nitrogen and oxygen atoms in total. The molecule has 7 heteroatoms. The van der Waals surface area contributed by atoms with Gasteiger partial charge in [0.25, 0.3) is 0 Å². The molecule has 0 aromatic rings. The van der Waals surface area contributed by atoms with Crippen LogP contribution < -0.4 is 10.6 Å². The van der Waals surface area contributed by atoms with Crippen molar-refractivity contribution in [2.24, 2.45) is 4.99 Å². The third-order valence-electron chi connectivity index (χ3n) is 3.85. The first kappa shape index (κ1) is 21.9. The van der Waals surface area contributed by atoms with Crippen LogP contribution in [0.25, 0.3) is 0 Å². The van der Waals surface area contributed by atoms with Crippen LogP contribution in [0, 0.1) is 0 Å². The average Bonchev–Trinajstić information content (AvgIpc) is 2.38. The Balaban J connectivity index is 0.00000441. The lowest BCUT2D eigenvalue weighted by atomic mass is 9.96. The van der Waals surface area contributed by atoms with Crippen molar-refractivity contribution in [3.05, 3.63) is 0 Å². The van der Waals surface area contributed by atoms with Crippen molar-refractivity contribution < 1.29 is 8.42 Å². The summed E-state index contributed by atoms with van der Waals surface area (Å²) in [4.78, 5) is 4.42. The van der Waals surface area contributed by atoms with Crippen LogP contribution in [0.15, 0.2) is 4.99 Å². The first-order valence-corrected chi connectivity index (χ1v) is 9.68. The Bertz CT molecular complexity index is 438. The van der Waals surface area contributed by atoms with Gasteiger partial charge < -0.3 is 10.6 Å². The van der Waals surface area contributed by atoms with E-state index in [9.17, 15) is 8.42 Å². The summed E-state index contributed by atoms with van der Waals surface area (Å²) in [6.07, 6.45) is 6.18. The van der Waals surface area contributed by atoms with Gasteiger partial charge in [-0.15, -0.1) is 24.0 Å². The van der Waals surface area contributed by atoms with E-state index in [4.69, 9.17) is 0 Å². The number of hydrogen-bond acceptors (Lipinski definition) is 3. The first-order valence-electron chi connectivity index (χ1n) is 8.03. The Hall–Kier alpha value is -0.0500. The summed E-state index contributed by atoms with van der Waals surface area (Å²) in [5, 5.41) is 6.62. The molecule has 0 unspecified atom stereocenters. The van der Waals surface area contributed by atoms with Crippen LogP contribution in [0.5, 0.6) is 0 Å². The van der Waals surface area contributed by atoms with Crippen molar-refractivity contribution in [3.63, 3.8) is 0 Å². The highest BCUT2D eigenvalue weighted by atomic mass is 127. The topological polar surface area (TPSA) is 70.6 Å². The molecule has 0 bridgehead atoms. The molecule has 0 saturated heterocycles. The maximum atomic E-state index is 12.1. The lowest BCUT2D eigenvalue weighted by Crippen LogP contribution is -2.44. The van der Waals surface area contributed by atoms with Crippen LogP contribution in [0.1, 0.15) is 59.8 Å². The van der Waals surface area contributed by atoms with Crippen LogP contribution in [0.4, 0.5) is 0 Å². The molecule has 2 N–H and O–H groups in total.